The Hall–Kier alpha value is -1.39. The Labute approximate surface area is 127 Å². The quantitative estimate of drug-likeness (QED) is 0.890. The van der Waals surface area contributed by atoms with E-state index in [0.717, 1.165) is 36.4 Å². The van der Waals surface area contributed by atoms with E-state index in [4.69, 9.17) is 0 Å². The third-order valence-electron chi connectivity index (χ3n) is 3.82. The zero-order chi connectivity index (χ0) is 14.7. The van der Waals surface area contributed by atoms with E-state index in [1.807, 2.05) is 6.07 Å². The van der Waals surface area contributed by atoms with Crippen LogP contribution in [-0.2, 0) is 0 Å². The molecule has 1 aliphatic heterocycles. The van der Waals surface area contributed by atoms with Crippen molar-refractivity contribution in [2.75, 3.05) is 13.1 Å². The number of hydrogen-bond donors (Lipinski definition) is 1. The van der Waals surface area contributed by atoms with Gasteiger partial charge in [0.15, 0.2) is 0 Å². The predicted molar refractivity (Wildman–Crippen MR) is 81.8 cm³/mol. The van der Waals surface area contributed by atoms with Crippen LogP contribution in [0.5, 0.6) is 0 Å². The maximum atomic E-state index is 14.3. The van der Waals surface area contributed by atoms with Crippen LogP contribution in [-0.4, -0.2) is 13.1 Å². The molecule has 0 spiro atoms. The monoisotopic (exact) mass is 305 g/mol. The summed E-state index contributed by atoms with van der Waals surface area (Å²) in [4.78, 5) is 1.37. The molecule has 2 aromatic rings. The van der Waals surface area contributed by atoms with Gasteiger partial charge in [-0.3, -0.25) is 0 Å². The molecule has 1 fully saturated rings. The number of hydrogen-bond acceptors (Lipinski definition) is 2. The van der Waals surface area contributed by atoms with Gasteiger partial charge in [-0.15, -0.1) is 0 Å². The number of halogens is 2. The van der Waals surface area contributed by atoms with E-state index in [-0.39, 0.29) is 17.6 Å². The minimum Gasteiger partial charge on any atom is -0.317 e. The molecule has 0 saturated carbocycles. The van der Waals surface area contributed by atoms with Crippen LogP contribution in [0.3, 0.4) is 0 Å². The van der Waals surface area contributed by atoms with E-state index in [1.165, 1.54) is 23.9 Å². The van der Waals surface area contributed by atoms with Crippen LogP contribution in [0.2, 0.25) is 0 Å². The molecular formula is C17H17F2NS. The molecule has 1 nitrogen and oxygen atoms in total. The standard InChI is InChI=1S/C17H17F2NS/c18-13-4-1-2-6-15(13)21-16-7-3-5-14(19)17(16)12-8-10-20-11-9-12/h1-7,12,20H,8-11H2. The van der Waals surface area contributed by atoms with Crippen molar-refractivity contribution in [3.05, 3.63) is 59.7 Å². The molecule has 0 aliphatic carbocycles. The van der Waals surface area contributed by atoms with Crippen molar-refractivity contribution in [3.63, 3.8) is 0 Å². The van der Waals surface area contributed by atoms with Crippen LogP contribution in [0.1, 0.15) is 24.3 Å². The van der Waals surface area contributed by atoms with Gasteiger partial charge in [-0.1, -0.05) is 30.0 Å². The number of piperidine rings is 1. The summed E-state index contributed by atoms with van der Waals surface area (Å²) in [5.41, 5.74) is 0.743. The minimum absolute atomic E-state index is 0.178. The summed E-state index contributed by atoms with van der Waals surface area (Å²) in [5, 5.41) is 3.29. The molecule has 0 amide bonds. The SMILES string of the molecule is Fc1ccccc1Sc1cccc(F)c1C1CCNCC1. The average molecular weight is 305 g/mol. The summed E-state index contributed by atoms with van der Waals surface area (Å²) in [6.45, 7) is 1.81. The van der Waals surface area contributed by atoms with Crippen molar-refractivity contribution >= 4 is 11.8 Å². The fourth-order valence-corrected chi connectivity index (χ4v) is 3.83. The molecule has 2 aromatic carbocycles. The Kier molecular flexibility index (Phi) is 4.56. The van der Waals surface area contributed by atoms with Gasteiger partial charge in [0.25, 0.3) is 0 Å². The second-order valence-corrected chi connectivity index (χ2v) is 6.29. The first-order chi connectivity index (χ1) is 10.3. The Morgan fingerprint density at radius 2 is 1.52 bits per heavy atom. The van der Waals surface area contributed by atoms with E-state index >= 15 is 0 Å². The summed E-state index contributed by atoms with van der Waals surface area (Å²) >= 11 is 1.31. The van der Waals surface area contributed by atoms with E-state index in [1.54, 1.807) is 24.3 Å². The van der Waals surface area contributed by atoms with Crippen molar-refractivity contribution in [2.45, 2.75) is 28.6 Å². The van der Waals surface area contributed by atoms with Gasteiger partial charge in [0.2, 0.25) is 0 Å². The van der Waals surface area contributed by atoms with Crippen LogP contribution >= 0.6 is 11.8 Å². The lowest BCUT2D eigenvalue weighted by atomic mass is 9.90. The predicted octanol–water partition coefficient (Wildman–Crippen LogP) is 4.58. The topological polar surface area (TPSA) is 12.0 Å². The third-order valence-corrected chi connectivity index (χ3v) is 4.94. The largest absolute Gasteiger partial charge is 0.317 e. The second kappa shape index (κ2) is 6.58. The zero-order valence-corrected chi connectivity index (χ0v) is 12.4. The number of rotatable bonds is 3. The lowest BCUT2D eigenvalue weighted by Crippen LogP contribution is -2.27. The zero-order valence-electron chi connectivity index (χ0n) is 11.6. The number of benzene rings is 2. The van der Waals surface area contributed by atoms with Gasteiger partial charge in [0.1, 0.15) is 11.6 Å². The Bertz CT molecular complexity index is 624. The van der Waals surface area contributed by atoms with E-state index in [0.29, 0.717) is 4.90 Å². The van der Waals surface area contributed by atoms with Gasteiger partial charge in [0.05, 0.1) is 0 Å². The van der Waals surface area contributed by atoms with Gasteiger partial charge in [-0.2, -0.15) is 0 Å². The molecule has 0 atom stereocenters. The Morgan fingerprint density at radius 3 is 2.29 bits per heavy atom. The molecule has 1 N–H and O–H groups in total. The number of nitrogens with one attached hydrogen (secondary N) is 1. The first-order valence-electron chi connectivity index (χ1n) is 7.17. The summed E-state index contributed by atoms with van der Waals surface area (Å²) in [6.07, 6.45) is 1.84. The molecule has 0 radical (unpaired) electrons. The van der Waals surface area contributed by atoms with Crippen molar-refractivity contribution in [1.29, 1.82) is 0 Å². The Morgan fingerprint density at radius 1 is 0.857 bits per heavy atom. The van der Waals surface area contributed by atoms with Gasteiger partial charge in [-0.05, 0) is 56.1 Å². The Balaban J connectivity index is 1.95. The van der Waals surface area contributed by atoms with Crippen LogP contribution < -0.4 is 5.32 Å². The average Bonchev–Trinajstić information content (AvgIpc) is 2.51. The highest BCUT2D eigenvalue weighted by molar-refractivity contribution is 7.99. The first kappa shape index (κ1) is 14.5. The fraction of sp³-hybridized carbons (Fsp3) is 0.294. The van der Waals surface area contributed by atoms with E-state index in [9.17, 15) is 8.78 Å². The molecule has 0 unspecified atom stereocenters. The molecule has 110 valence electrons. The second-order valence-electron chi connectivity index (χ2n) is 5.21. The molecule has 3 rings (SSSR count). The molecule has 0 aromatic heterocycles. The van der Waals surface area contributed by atoms with Crippen molar-refractivity contribution in [2.24, 2.45) is 0 Å². The molecule has 1 heterocycles. The smallest absolute Gasteiger partial charge is 0.137 e. The molecule has 21 heavy (non-hydrogen) atoms. The first-order valence-corrected chi connectivity index (χ1v) is 7.99. The highest BCUT2D eigenvalue weighted by Crippen LogP contribution is 2.39. The maximum absolute atomic E-state index is 14.3. The normalized spacial score (nSPS) is 16.1. The van der Waals surface area contributed by atoms with Crippen LogP contribution in [0.15, 0.2) is 52.3 Å². The molecular weight excluding hydrogens is 288 g/mol. The summed E-state index contributed by atoms with van der Waals surface area (Å²) in [5.74, 6) is -0.229. The maximum Gasteiger partial charge on any atom is 0.137 e. The van der Waals surface area contributed by atoms with Gasteiger partial charge in [0, 0.05) is 15.4 Å². The van der Waals surface area contributed by atoms with E-state index in [2.05, 4.69) is 5.32 Å². The van der Waals surface area contributed by atoms with Crippen molar-refractivity contribution in [1.82, 2.24) is 5.32 Å². The highest BCUT2D eigenvalue weighted by atomic mass is 32.2. The van der Waals surface area contributed by atoms with Crippen molar-refractivity contribution < 1.29 is 8.78 Å². The van der Waals surface area contributed by atoms with Crippen LogP contribution in [0.4, 0.5) is 8.78 Å². The summed E-state index contributed by atoms with van der Waals surface area (Å²) < 4.78 is 28.1. The highest BCUT2D eigenvalue weighted by Gasteiger charge is 2.22. The molecule has 4 heteroatoms. The van der Waals surface area contributed by atoms with Gasteiger partial charge in [-0.25, -0.2) is 8.78 Å². The van der Waals surface area contributed by atoms with Crippen molar-refractivity contribution in [3.8, 4) is 0 Å². The minimum atomic E-state index is -0.261. The van der Waals surface area contributed by atoms with E-state index < -0.39 is 0 Å². The van der Waals surface area contributed by atoms with Gasteiger partial charge < -0.3 is 5.32 Å². The lowest BCUT2D eigenvalue weighted by Gasteiger charge is -2.25. The van der Waals surface area contributed by atoms with Gasteiger partial charge >= 0.3 is 0 Å². The molecule has 0 bridgehead atoms. The molecule has 1 aliphatic rings. The summed E-state index contributed by atoms with van der Waals surface area (Å²) in [7, 11) is 0. The summed E-state index contributed by atoms with van der Waals surface area (Å²) in [6, 6.07) is 11.7. The molecule has 1 saturated heterocycles. The lowest BCUT2D eigenvalue weighted by molar-refractivity contribution is 0.439. The fourth-order valence-electron chi connectivity index (χ4n) is 2.76. The van der Waals surface area contributed by atoms with Crippen LogP contribution in [0.25, 0.3) is 0 Å². The van der Waals surface area contributed by atoms with Crippen LogP contribution in [0, 0.1) is 11.6 Å². The third kappa shape index (κ3) is 3.27.